The van der Waals surface area contributed by atoms with Crippen LogP contribution in [0.5, 0.6) is 0 Å². The highest BCUT2D eigenvalue weighted by molar-refractivity contribution is 6.33. The Labute approximate surface area is 122 Å². The molecule has 0 aliphatic heterocycles. The molecule has 0 heterocycles. The lowest BCUT2D eigenvalue weighted by molar-refractivity contribution is -0.116. The van der Waals surface area contributed by atoms with Gasteiger partial charge in [-0.3, -0.25) is 4.79 Å². The molecular formula is C16H15ClFNO. The minimum Gasteiger partial charge on any atom is -0.325 e. The third kappa shape index (κ3) is 3.81. The lowest BCUT2D eigenvalue weighted by Crippen LogP contribution is -2.13. The van der Waals surface area contributed by atoms with Crippen molar-refractivity contribution in [3.8, 4) is 0 Å². The van der Waals surface area contributed by atoms with Gasteiger partial charge in [-0.15, -0.1) is 0 Å². The number of benzene rings is 2. The Kier molecular flexibility index (Phi) is 4.74. The molecule has 0 spiro atoms. The average Bonchev–Trinajstić information content (AvgIpc) is 2.41. The van der Waals surface area contributed by atoms with Gasteiger partial charge in [0, 0.05) is 6.42 Å². The van der Waals surface area contributed by atoms with Crippen LogP contribution in [0.4, 0.5) is 10.1 Å². The van der Waals surface area contributed by atoms with Crippen molar-refractivity contribution in [3.05, 3.63) is 64.4 Å². The summed E-state index contributed by atoms with van der Waals surface area (Å²) in [6.45, 7) is 1.88. The van der Waals surface area contributed by atoms with Crippen LogP contribution in [0.25, 0.3) is 0 Å². The quantitative estimate of drug-likeness (QED) is 0.891. The van der Waals surface area contributed by atoms with Crippen LogP contribution < -0.4 is 5.32 Å². The van der Waals surface area contributed by atoms with Crippen molar-refractivity contribution < 1.29 is 9.18 Å². The molecule has 0 fully saturated rings. The van der Waals surface area contributed by atoms with E-state index in [1.165, 1.54) is 12.1 Å². The van der Waals surface area contributed by atoms with E-state index in [1.807, 2.05) is 19.1 Å². The molecule has 2 aromatic rings. The molecule has 2 rings (SSSR count). The first-order valence-electron chi connectivity index (χ1n) is 6.35. The van der Waals surface area contributed by atoms with E-state index in [4.69, 9.17) is 11.6 Å². The van der Waals surface area contributed by atoms with Gasteiger partial charge < -0.3 is 5.32 Å². The second kappa shape index (κ2) is 6.53. The van der Waals surface area contributed by atoms with Crippen LogP contribution in [0.2, 0.25) is 5.02 Å². The summed E-state index contributed by atoms with van der Waals surface area (Å²) in [6, 6.07) is 11.7. The highest BCUT2D eigenvalue weighted by Gasteiger charge is 2.08. The first-order chi connectivity index (χ1) is 9.56. The summed E-state index contributed by atoms with van der Waals surface area (Å²) in [5.74, 6) is -0.421. The smallest absolute Gasteiger partial charge is 0.224 e. The van der Waals surface area contributed by atoms with Gasteiger partial charge in [-0.25, -0.2) is 4.39 Å². The number of carbonyl (C=O) groups excluding carboxylic acids is 1. The minimum absolute atomic E-state index is 0.134. The molecule has 0 radical (unpaired) electrons. The first-order valence-corrected chi connectivity index (χ1v) is 6.73. The molecule has 2 nitrogen and oxygen atoms in total. The van der Waals surface area contributed by atoms with E-state index < -0.39 is 0 Å². The molecule has 2 aromatic carbocycles. The maximum atomic E-state index is 13.0. The van der Waals surface area contributed by atoms with Gasteiger partial charge in [-0.2, -0.15) is 0 Å². The second-order valence-corrected chi connectivity index (χ2v) is 5.02. The molecular weight excluding hydrogens is 277 g/mol. The van der Waals surface area contributed by atoms with Crippen LogP contribution in [0.3, 0.4) is 0 Å². The Morgan fingerprint density at radius 2 is 2.00 bits per heavy atom. The lowest BCUT2D eigenvalue weighted by Gasteiger charge is -2.10. The number of hydrogen-bond donors (Lipinski definition) is 1. The standard InChI is InChI=1S/C16H15ClFNO/c1-11-4-2-7-14(17)16(11)19-15(20)9-8-12-5-3-6-13(18)10-12/h2-7,10H,8-9H2,1H3,(H,19,20). The molecule has 0 saturated heterocycles. The summed E-state index contributed by atoms with van der Waals surface area (Å²) in [5, 5.41) is 3.32. The van der Waals surface area contributed by atoms with Gasteiger partial charge in [0.05, 0.1) is 10.7 Å². The van der Waals surface area contributed by atoms with Gasteiger partial charge in [-0.05, 0) is 42.7 Å². The third-order valence-corrected chi connectivity index (χ3v) is 3.33. The third-order valence-electron chi connectivity index (χ3n) is 3.02. The Bertz CT molecular complexity index is 607. The number of rotatable bonds is 4. The van der Waals surface area contributed by atoms with Gasteiger partial charge in [0.2, 0.25) is 5.91 Å². The fourth-order valence-corrected chi connectivity index (χ4v) is 2.21. The number of hydrogen-bond acceptors (Lipinski definition) is 1. The summed E-state index contributed by atoms with van der Waals surface area (Å²) in [4.78, 5) is 11.9. The van der Waals surface area contributed by atoms with Crippen molar-refractivity contribution in [3.63, 3.8) is 0 Å². The Morgan fingerprint density at radius 3 is 2.70 bits per heavy atom. The Hall–Kier alpha value is -1.87. The maximum Gasteiger partial charge on any atom is 0.224 e. The largest absolute Gasteiger partial charge is 0.325 e. The van der Waals surface area contributed by atoms with Crippen molar-refractivity contribution in [2.45, 2.75) is 19.8 Å². The molecule has 4 heteroatoms. The van der Waals surface area contributed by atoms with Crippen molar-refractivity contribution in [1.82, 2.24) is 0 Å². The molecule has 0 atom stereocenters. The molecule has 1 N–H and O–H groups in total. The molecule has 0 aromatic heterocycles. The van der Waals surface area contributed by atoms with E-state index >= 15 is 0 Å². The topological polar surface area (TPSA) is 29.1 Å². The predicted molar refractivity (Wildman–Crippen MR) is 79.5 cm³/mol. The van der Waals surface area contributed by atoms with Gasteiger partial charge in [0.15, 0.2) is 0 Å². The van der Waals surface area contributed by atoms with E-state index in [0.29, 0.717) is 17.1 Å². The van der Waals surface area contributed by atoms with Gasteiger partial charge in [-0.1, -0.05) is 35.9 Å². The number of aryl methyl sites for hydroxylation is 2. The van der Waals surface area contributed by atoms with E-state index in [9.17, 15) is 9.18 Å². The molecule has 0 aliphatic carbocycles. The van der Waals surface area contributed by atoms with Crippen molar-refractivity contribution in [1.29, 1.82) is 0 Å². The van der Waals surface area contributed by atoms with Crippen molar-refractivity contribution >= 4 is 23.2 Å². The van der Waals surface area contributed by atoms with E-state index in [-0.39, 0.29) is 18.1 Å². The molecule has 0 aliphatic rings. The second-order valence-electron chi connectivity index (χ2n) is 4.61. The zero-order valence-electron chi connectivity index (χ0n) is 11.1. The Morgan fingerprint density at radius 1 is 1.25 bits per heavy atom. The molecule has 20 heavy (non-hydrogen) atoms. The van der Waals surface area contributed by atoms with E-state index in [2.05, 4.69) is 5.32 Å². The minimum atomic E-state index is -0.287. The van der Waals surface area contributed by atoms with Crippen LogP contribution >= 0.6 is 11.6 Å². The van der Waals surface area contributed by atoms with Gasteiger partial charge in [0.1, 0.15) is 5.82 Å². The number of anilines is 1. The molecule has 0 unspecified atom stereocenters. The van der Waals surface area contributed by atoms with Gasteiger partial charge >= 0.3 is 0 Å². The number of amides is 1. The van der Waals surface area contributed by atoms with E-state index in [0.717, 1.165) is 11.1 Å². The fraction of sp³-hybridized carbons (Fsp3) is 0.188. The number of para-hydroxylation sites is 1. The molecule has 1 amide bonds. The van der Waals surface area contributed by atoms with Crippen LogP contribution in [0.15, 0.2) is 42.5 Å². The summed E-state index contributed by atoms with van der Waals surface area (Å²) in [5.41, 5.74) is 2.35. The summed E-state index contributed by atoms with van der Waals surface area (Å²) >= 11 is 6.05. The normalized spacial score (nSPS) is 10.3. The van der Waals surface area contributed by atoms with Crippen molar-refractivity contribution in [2.75, 3.05) is 5.32 Å². The lowest BCUT2D eigenvalue weighted by atomic mass is 10.1. The highest BCUT2D eigenvalue weighted by atomic mass is 35.5. The Balaban J connectivity index is 1.96. The van der Waals surface area contributed by atoms with E-state index in [1.54, 1.807) is 18.2 Å². The van der Waals surface area contributed by atoms with Crippen LogP contribution in [0, 0.1) is 12.7 Å². The summed E-state index contributed by atoms with van der Waals surface area (Å²) in [6.07, 6.45) is 0.779. The number of halogens is 2. The van der Waals surface area contributed by atoms with Crippen LogP contribution in [0.1, 0.15) is 17.5 Å². The van der Waals surface area contributed by atoms with Crippen molar-refractivity contribution in [2.24, 2.45) is 0 Å². The van der Waals surface area contributed by atoms with Crippen LogP contribution in [-0.2, 0) is 11.2 Å². The molecule has 0 saturated carbocycles. The zero-order valence-corrected chi connectivity index (χ0v) is 11.9. The predicted octanol–water partition coefficient (Wildman–Crippen LogP) is 4.36. The van der Waals surface area contributed by atoms with Crippen LogP contribution in [-0.4, -0.2) is 5.91 Å². The fourth-order valence-electron chi connectivity index (χ4n) is 1.94. The maximum absolute atomic E-state index is 13.0. The number of carbonyl (C=O) groups is 1. The SMILES string of the molecule is Cc1cccc(Cl)c1NC(=O)CCc1cccc(F)c1. The zero-order chi connectivity index (χ0) is 14.5. The summed E-state index contributed by atoms with van der Waals surface area (Å²) < 4.78 is 13.0. The average molecular weight is 292 g/mol. The monoisotopic (exact) mass is 291 g/mol. The molecule has 104 valence electrons. The summed E-state index contributed by atoms with van der Waals surface area (Å²) in [7, 11) is 0. The number of nitrogens with one attached hydrogen (secondary N) is 1. The van der Waals surface area contributed by atoms with Gasteiger partial charge in [0.25, 0.3) is 0 Å². The first kappa shape index (κ1) is 14.5. The molecule has 0 bridgehead atoms. The highest BCUT2D eigenvalue weighted by Crippen LogP contribution is 2.25.